The van der Waals surface area contributed by atoms with Crippen molar-refractivity contribution in [3.05, 3.63) is 45.9 Å². The fraction of sp³-hybridized carbons (Fsp3) is 0.400. The van der Waals surface area contributed by atoms with Crippen molar-refractivity contribution in [1.29, 1.82) is 0 Å². The first-order valence-electron chi connectivity index (χ1n) is 9.14. The van der Waals surface area contributed by atoms with Crippen LogP contribution in [0, 0.1) is 6.92 Å². The highest BCUT2D eigenvalue weighted by molar-refractivity contribution is 7.20. The summed E-state index contributed by atoms with van der Waals surface area (Å²) in [5, 5.41) is 6.41. The van der Waals surface area contributed by atoms with Gasteiger partial charge in [0.05, 0.1) is 16.3 Å². The highest BCUT2D eigenvalue weighted by Gasteiger charge is 2.28. The molecule has 1 aromatic carbocycles. The molecule has 3 heterocycles. The molecule has 0 saturated carbocycles. The predicted molar refractivity (Wildman–Crippen MR) is 108 cm³/mol. The van der Waals surface area contributed by atoms with Crippen LogP contribution in [-0.4, -0.2) is 33.2 Å². The number of fused-ring (bicyclic) bond motifs is 1. The molecule has 6 heteroatoms. The number of carbonyl (C=O) groups is 1. The first-order valence-corrected chi connectivity index (χ1v) is 10.3. The van der Waals surface area contributed by atoms with Gasteiger partial charge in [0.2, 0.25) is 0 Å². The maximum Gasteiger partial charge on any atom is 0.264 e. The quantitative estimate of drug-likeness (QED) is 0.599. The number of benzene rings is 1. The van der Waals surface area contributed by atoms with Gasteiger partial charge in [-0.25, -0.2) is 4.68 Å². The number of carbonyl (C=O) groups excluding carboxylic acids is 1. The van der Waals surface area contributed by atoms with E-state index < -0.39 is 0 Å². The van der Waals surface area contributed by atoms with Crippen molar-refractivity contribution in [3.63, 3.8) is 0 Å². The van der Waals surface area contributed by atoms with Gasteiger partial charge in [-0.15, -0.1) is 11.3 Å². The van der Waals surface area contributed by atoms with Crippen LogP contribution in [0.2, 0.25) is 5.02 Å². The molecule has 0 radical (unpaired) electrons. The molecule has 0 aliphatic carbocycles. The lowest BCUT2D eigenvalue weighted by Gasteiger charge is -2.35. The van der Waals surface area contributed by atoms with Gasteiger partial charge in [-0.2, -0.15) is 5.10 Å². The summed E-state index contributed by atoms with van der Waals surface area (Å²) < 4.78 is 1.91. The lowest BCUT2D eigenvalue weighted by atomic mass is 10.00. The third-order valence-corrected chi connectivity index (χ3v) is 6.54. The maximum absolute atomic E-state index is 13.1. The topological polar surface area (TPSA) is 38.1 Å². The second-order valence-corrected chi connectivity index (χ2v) is 8.33. The Morgan fingerprint density at radius 3 is 2.81 bits per heavy atom. The Bertz CT molecular complexity index is 944. The number of aromatic nitrogens is 2. The van der Waals surface area contributed by atoms with Gasteiger partial charge in [-0.1, -0.05) is 18.5 Å². The Balaban J connectivity index is 1.72. The predicted octanol–water partition coefficient (Wildman–Crippen LogP) is 5.45. The molecule has 4 rings (SSSR count). The first-order chi connectivity index (χ1) is 12.6. The van der Waals surface area contributed by atoms with Gasteiger partial charge in [0.1, 0.15) is 4.83 Å². The van der Waals surface area contributed by atoms with E-state index in [0.29, 0.717) is 11.1 Å². The van der Waals surface area contributed by atoms with Crippen LogP contribution in [0.25, 0.3) is 15.9 Å². The van der Waals surface area contributed by atoms with E-state index in [2.05, 4.69) is 16.9 Å². The van der Waals surface area contributed by atoms with Crippen molar-refractivity contribution >= 4 is 39.1 Å². The molecule has 0 unspecified atom stereocenters. The van der Waals surface area contributed by atoms with E-state index in [1.807, 2.05) is 41.9 Å². The van der Waals surface area contributed by atoms with E-state index in [-0.39, 0.29) is 5.91 Å². The normalized spacial score (nSPS) is 17.8. The standard InChI is InChI=1S/C20H22ClN3OS/c1-3-15-6-4-5-11-23(15)19(25)18-12-17-13(2)22-24(20(17)26-18)16-9-7-14(21)8-10-16/h7-10,12,15H,3-6,11H2,1-2H3/t15-/m0/s1. The molecule has 1 aliphatic rings. The fourth-order valence-corrected chi connectivity index (χ4v) is 5.01. The minimum absolute atomic E-state index is 0.166. The van der Waals surface area contributed by atoms with Crippen molar-refractivity contribution in [2.24, 2.45) is 0 Å². The van der Waals surface area contributed by atoms with Crippen molar-refractivity contribution < 1.29 is 4.79 Å². The Morgan fingerprint density at radius 2 is 2.08 bits per heavy atom. The largest absolute Gasteiger partial charge is 0.335 e. The van der Waals surface area contributed by atoms with Gasteiger partial charge in [-0.05, 0) is 62.9 Å². The average molecular weight is 388 g/mol. The van der Waals surface area contributed by atoms with Crippen LogP contribution >= 0.6 is 22.9 Å². The molecule has 0 bridgehead atoms. The molecular weight excluding hydrogens is 366 g/mol. The van der Waals surface area contributed by atoms with Crippen LogP contribution in [0.4, 0.5) is 0 Å². The molecule has 1 amide bonds. The van der Waals surface area contributed by atoms with Crippen LogP contribution in [0.15, 0.2) is 30.3 Å². The zero-order chi connectivity index (χ0) is 18.3. The highest BCUT2D eigenvalue weighted by atomic mass is 35.5. The molecule has 0 spiro atoms. The van der Waals surface area contributed by atoms with Crippen LogP contribution in [0.5, 0.6) is 0 Å². The van der Waals surface area contributed by atoms with Crippen LogP contribution < -0.4 is 0 Å². The Hall–Kier alpha value is -1.85. The number of rotatable bonds is 3. The summed E-state index contributed by atoms with van der Waals surface area (Å²) in [6, 6.07) is 10.0. The fourth-order valence-electron chi connectivity index (χ4n) is 3.74. The van der Waals surface area contributed by atoms with Crippen molar-refractivity contribution in [2.75, 3.05) is 6.54 Å². The minimum Gasteiger partial charge on any atom is -0.335 e. The van der Waals surface area contributed by atoms with Gasteiger partial charge in [0.25, 0.3) is 5.91 Å². The van der Waals surface area contributed by atoms with Gasteiger partial charge in [0, 0.05) is 23.0 Å². The summed E-state index contributed by atoms with van der Waals surface area (Å²) in [7, 11) is 0. The Labute approximate surface area is 162 Å². The van der Waals surface area contributed by atoms with Crippen molar-refractivity contribution in [3.8, 4) is 5.69 Å². The lowest BCUT2D eigenvalue weighted by Crippen LogP contribution is -2.43. The molecule has 0 N–H and O–H groups in total. The number of likely N-dealkylation sites (tertiary alicyclic amines) is 1. The number of aryl methyl sites for hydroxylation is 1. The Kier molecular flexibility index (Phi) is 4.76. The van der Waals surface area contributed by atoms with Gasteiger partial charge in [-0.3, -0.25) is 4.79 Å². The molecule has 26 heavy (non-hydrogen) atoms. The molecule has 1 fully saturated rings. The van der Waals surface area contributed by atoms with E-state index in [1.165, 1.54) is 17.8 Å². The SMILES string of the molecule is CC[C@H]1CCCCN1C(=O)c1cc2c(C)nn(-c3ccc(Cl)cc3)c2s1. The van der Waals surface area contributed by atoms with E-state index >= 15 is 0 Å². The average Bonchev–Trinajstić information content (AvgIpc) is 3.23. The molecule has 3 aromatic rings. The molecule has 4 nitrogen and oxygen atoms in total. The smallest absolute Gasteiger partial charge is 0.264 e. The lowest BCUT2D eigenvalue weighted by molar-refractivity contribution is 0.0613. The van der Waals surface area contributed by atoms with Crippen LogP contribution in [-0.2, 0) is 0 Å². The summed E-state index contributed by atoms with van der Waals surface area (Å²) in [5.41, 5.74) is 1.90. The van der Waals surface area contributed by atoms with E-state index in [4.69, 9.17) is 11.6 Å². The first kappa shape index (κ1) is 17.6. The van der Waals surface area contributed by atoms with Crippen LogP contribution in [0.1, 0.15) is 48.0 Å². The molecular formula is C20H22ClN3OS. The van der Waals surface area contributed by atoms with E-state index in [1.54, 1.807) is 0 Å². The second-order valence-electron chi connectivity index (χ2n) is 6.86. The third-order valence-electron chi connectivity index (χ3n) is 5.19. The number of hydrogen-bond acceptors (Lipinski definition) is 3. The molecule has 136 valence electrons. The second kappa shape index (κ2) is 7.05. The number of hydrogen-bond donors (Lipinski definition) is 0. The van der Waals surface area contributed by atoms with Crippen LogP contribution in [0.3, 0.4) is 0 Å². The molecule has 1 atom stereocenters. The van der Waals surface area contributed by atoms with Gasteiger partial charge >= 0.3 is 0 Å². The van der Waals surface area contributed by atoms with Crippen molar-refractivity contribution in [1.82, 2.24) is 14.7 Å². The Morgan fingerprint density at radius 1 is 1.31 bits per heavy atom. The van der Waals surface area contributed by atoms with E-state index in [9.17, 15) is 4.79 Å². The number of thiophene rings is 1. The van der Waals surface area contributed by atoms with Crippen molar-refractivity contribution in [2.45, 2.75) is 45.6 Å². The minimum atomic E-state index is 0.166. The number of nitrogens with zero attached hydrogens (tertiary/aromatic N) is 3. The molecule has 2 aromatic heterocycles. The molecule has 1 saturated heterocycles. The summed E-state index contributed by atoms with van der Waals surface area (Å²) in [5.74, 6) is 0.166. The summed E-state index contributed by atoms with van der Waals surface area (Å²) in [4.78, 5) is 17.0. The third kappa shape index (κ3) is 3.03. The highest BCUT2D eigenvalue weighted by Crippen LogP contribution is 2.32. The number of amides is 1. The van der Waals surface area contributed by atoms with E-state index in [0.717, 1.165) is 52.3 Å². The van der Waals surface area contributed by atoms with Gasteiger partial charge in [0.15, 0.2) is 0 Å². The monoisotopic (exact) mass is 387 g/mol. The number of halogens is 1. The summed E-state index contributed by atoms with van der Waals surface area (Å²) in [6.07, 6.45) is 4.46. The zero-order valence-electron chi connectivity index (χ0n) is 15.0. The summed E-state index contributed by atoms with van der Waals surface area (Å²) in [6.45, 7) is 5.03. The number of piperidine rings is 1. The maximum atomic E-state index is 13.1. The van der Waals surface area contributed by atoms with Gasteiger partial charge < -0.3 is 4.90 Å². The molecule has 1 aliphatic heterocycles. The zero-order valence-corrected chi connectivity index (χ0v) is 16.6. The summed E-state index contributed by atoms with van der Waals surface area (Å²) >= 11 is 7.54.